The van der Waals surface area contributed by atoms with Crippen molar-refractivity contribution in [3.8, 4) is 17.2 Å². The predicted octanol–water partition coefficient (Wildman–Crippen LogP) is 3.19. The summed E-state index contributed by atoms with van der Waals surface area (Å²) in [6, 6.07) is 9.57. The van der Waals surface area contributed by atoms with Crippen molar-refractivity contribution in [3.05, 3.63) is 64.7 Å². The standard InChI is InChI=1S/C20H16N2O5/c1-26-17-8-12-13(9-18(17)27-2)19(23)22(10-14(12)20(24)25)16-5-3-4-15-11(16)6-7-21-15/h3-10,21H,1-2H3,(H,24,25)/i1D3. The zero-order chi connectivity index (χ0) is 21.6. The van der Waals surface area contributed by atoms with Crippen molar-refractivity contribution in [3.63, 3.8) is 0 Å². The molecule has 7 nitrogen and oxygen atoms in total. The maximum absolute atomic E-state index is 13.3. The second-order valence-corrected chi connectivity index (χ2v) is 5.89. The van der Waals surface area contributed by atoms with Gasteiger partial charge in [0.05, 0.1) is 34.9 Å². The van der Waals surface area contributed by atoms with Gasteiger partial charge in [0.1, 0.15) is 0 Å². The summed E-state index contributed by atoms with van der Waals surface area (Å²) in [7, 11) is -1.48. The van der Waals surface area contributed by atoms with Crippen LogP contribution in [0.1, 0.15) is 14.5 Å². The molecule has 0 fully saturated rings. The van der Waals surface area contributed by atoms with Gasteiger partial charge in [-0.05, 0) is 30.3 Å². The van der Waals surface area contributed by atoms with Crippen LogP contribution >= 0.6 is 0 Å². The molecule has 4 aromatic rings. The van der Waals surface area contributed by atoms with Crippen LogP contribution in [0.2, 0.25) is 0 Å². The Balaban J connectivity index is 2.07. The Labute approximate surface area is 157 Å². The summed E-state index contributed by atoms with van der Waals surface area (Å²) < 4.78 is 33.3. The van der Waals surface area contributed by atoms with E-state index in [9.17, 15) is 14.7 Å². The monoisotopic (exact) mass is 367 g/mol. The van der Waals surface area contributed by atoms with Crippen LogP contribution in [0.3, 0.4) is 0 Å². The number of nitrogens with zero attached hydrogens (tertiary/aromatic N) is 1. The predicted molar refractivity (Wildman–Crippen MR) is 101 cm³/mol. The number of hydrogen-bond donors (Lipinski definition) is 2. The largest absolute Gasteiger partial charge is 0.493 e. The Morgan fingerprint density at radius 3 is 2.67 bits per heavy atom. The summed E-state index contributed by atoms with van der Waals surface area (Å²) in [6.07, 6.45) is 2.94. The fourth-order valence-corrected chi connectivity index (χ4v) is 3.21. The molecule has 0 spiro atoms. The average Bonchev–Trinajstić information content (AvgIpc) is 3.15. The van der Waals surface area contributed by atoms with Crippen molar-refractivity contribution < 1.29 is 23.5 Å². The number of aromatic amines is 1. The molecule has 0 bridgehead atoms. The van der Waals surface area contributed by atoms with E-state index in [2.05, 4.69) is 4.98 Å². The van der Waals surface area contributed by atoms with E-state index in [0.29, 0.717) is 5.69 Å². The van der Waals surface area contributed by atoms with Crippen LogP contribution in [0.5, 0.6) is 11.5 Å². The van der Waals surface area contributed by atoms with Gasteiger partial charge in [-0.3, -0.25) is 9.36 Å². The lowest BCUT2D eigenvalue weighted by atomic mass is 10.1. The van der Waals surface area contributed by atoms with Crippen molar-refractivity contribution in [2.24, 2.45) is 0 Å². The van der Waals surface area contributed by atoms with Gasteiger partial charge in [0.2, 0.25) is 0 Å². The fraction of sp³-hybridized carbons (Fsp3) is 0.100. The van der Waals surface area contributed by atoms with E-state index in [4.69, 9.17) is 13.6 Å². The lowest BCUT2D eigenvalue weighted by Gasteiger charge is -2.14. The number of hydrogen-bond acceptors (Lipinski definition) is 4. The molecule has 4 rings (SSSR count). The Bertz CT molecular complexity index is 1350. The Kier molecular flexibility index (Phi) is 3.09. The number of benzene rings is 2. The molecule has 0 aliphatic carbocycles. The Morgan fingerprint density at radius 1 is 1.15 bits per heavy atom. The number of aromatic carboxylic acids is 1. The highest BCUT2D eigenvalue weighted by molar-refractivity contribution is 6.04. The van der Waals surface area contributed by atoms with Crippen LogP contribution in [0, 0.1) is 0 Å². The molecule has 2 aromatic carbocycles. The minimum atomic E-state index is -2.77. The summed E-state index contributed by atoms with van der Waals surface area (Å²) in [5, 5.41) is 10.6. The first-order valence-corrected chi connectivity index (χ1v) is 7.96. The first kappa shape index (κ1) is 13.5. The molecular formula is C20H16N2O5. The molecule has 7 heteroatoms. The molecule has 2 aromatic heterocycles. The molecule has 0 aliphatic heterocycles. The fourth-order valence-electron chi connectivity index (χ4n) is 3.21. The van der Waals surface area contributed by atoms with E-state index in [-0.39, 0.29) is 27.8 Å². The molecule has 2 heterocycles. The van der Waals surface area contributed by atoms with E-state index in [1.807, 2.05) is 6.07 Å². The molecule has 0 radical (unpaired) electrons. The highest BCUT2D eigenvalue weighted by Gasteiger charge is 2.19. The van der Waals surface area contributed by atoms with Crippen molar-refractivity contribution in [2.75, 3.05) is 14.1 Å². The van der Waals surface area contributed by atoms with Gasteiger partial charge in [-0.1, -0.05) is 6.07 Å². The highest BCUT2D eigenvalue weighted by Crippen LogP contribution is 2.33. The van der Waals surface area contributed by atoms with E-state index < -0.39 is 18.6 Å². The molecule has 0 amide bonds. The zero-order valence-corrected chi connectivity index (χ0v) is 14.1. The molecule has 27 heavy (non-hydrogen) atoms. The minimum Gasteiger partial charge on any atom is -0.493 e. The van der Waals surface area contributed by atoms with Crippen molar-refractivity contribution in [1.82, 2.24) is 9.55 Å². The molecule has 0 atom stereocenters. The van der Waals surface area contributed by atoms with Gasteiger partial charge in [0, 0.05) is 28.7 Å². The molecule has 0 unspecified atom stereocenters. The first-order valence-electron chi connectivity index (χ1n) is 9.46. The van der Waals surface area contributed by atoms with Crippen molar-refractivity contribution in [2.45, 2.75) is 0 Å². The maximum atomic E-state index is 13.3. The number of fused-ring (bicyclic) bond motifs is 2. The molecule has 136 valence electrons. The number of pyridine rings is 1. The van der Waals surface area contributed by atoms with Gasteiger partial charge in [-0.2, -0.15) is 0 Å². The van der Waals surface area contributed by atoms with Gasteiger partial charge in [-0.15, -0.1) is 0 Å². The number of carbonyl (C=O) groups is 1. The summed E-state index contributed by atoms with van der Waals surface area (Å²) in [4.78, 5) is 28.3. The second kappa shape index (κ2) is 6.21. The van der Waals surface area contributed by atoms with Crippen LogP contribution in [-0.2, 0) is 0 Å². The molecule has 0 saturated carbocycles. The third kappa shape index (κ3) is 2.52. The summed E-state index contributed by atoms with van der Waals surface area (Å²) in [5.41, 5.74) is 0.623. The molecule has 2 N–H and O–H groups in total. The zero-order valence-electron chi connectivity index (χ0n) is 17.1. The van der Waals surface area contributed by atoms with Gasteiger partial charge in [0.25, 0.3) is 5.56 Å². The number of H-pyrrole nitrogens is 1. The van der Waals surface area contributed by atoms with Crippen LogP contribution in [0.15, 0.2) is 53.6 Å². The summed E-state index contributed by atoms with van der Waals surface area (Å²) in [5.74, 6) is -1.46. The van der Waals surface area contributed by atoms with Crippen LogP contribution in [0.25, 0.3) is 27.4 Å². The van der Waals surface area contributed by atoms with Crippen molar-refractivity contribution in [1.29, 1.82) is 0 Å². The topological polar surface area (TPSA) is 93.5 Å². The summed E-state index contributed by atoms with van der Waals surface area (Å²) in [6.45, 7) is 0. The third-order valence-corrected chi connectivity index (χ3v) is 4.47. The number of aromatic nitrogens is 2. The van der Waals surface area contributed by atoms with Gasteiger partial charge in [0.15, 0.2) is 11.5 Å². The van der Waals surface area contributed by atoms with Gasteiger partial charge >= 0.3 is 5.97 Å². The van der Waals surface area contributed by atoms with Gasteiger partial charge < -0.3 is 19.6 Å². The highest BCUT2D eigenvalue weighted by atomic mass is 16.5. The number of rotatable bonds is 4. The second-order valence-electron chi connectivity index (χ2n) is 5.89. The van der Waals surface area contributed by atoms with Gasteiger partial charge in [-0.25, -0.2) is 4.79 Å². The lowest BCUT2D eigenvalue weighted by molar-refractivity contribution is 0.0698. The third-order valence-electron chi connectivity index (χ3n) is 4.47. The number of ether oxygens (including phenoxy) is 2. The van der Waals surface area contributed by atoms with Crippen LogP contribution in [-0.4, -0.2) is 34.8 Å². The first-order chi connectivity index (χ1) is 14.2. The minimum absolute atomic E-state index is 0.00432. The normalized spacial score (nSPS) is 13.1. The number of carboxylic acids is 1. The number of nitrogens with one attached hydrogen (secondary N) is 1. The quantitative estimate of drug-likeness (QED) is 0.578. The van der Waals surface area contributed by atoms with E-state index in [1.54, 1.807) is 24.4 Å². The molecular weight excluding hydrogens is 348 g/mol. The molecule has 0 saturated heterocycles. The summed E-state index contributed by atoms with van der Waals surface area (Å²) >= 11 is 0. The van der Waals surface area contributed by atoms with Crippen LogP contribution in [0.4, 0.5) is 0 Å². The van der Waals surface area contributed by atoms with E-state index in [1.165, 1.54) is 30.0 Å². The van der Waals surface area contributed by atoms with E-state index in [0.717, 1.165) is 10.9 Å². The van der Waals surface area contributed by atoms with E-state index >= 15 is 0 Å². The van der Waals surface area contributed by atoms with Crippen LogP contribution < -0.4 is 15.0 Å². The smallest absolute Gasteiger partial charge is 0.337 e. The maximum Gasteiger partial charge on any atom is 0.337 e. The lowest BCUT2D eigenvalue weighted by Crippen LogP contribution is -2.21. The average molecular weight is 367 g/mol. The number of methoxy groups -OCH3 is 2. The Morgan fingerprint density at radius 2 is 1.93 bits per heavy atom. The Hall–Kier alpha value is -3.74. The number of carboxylic acid groups (broad SMARTS) is 1. The molecule has 0 aliphatic rings. The van der Waals surface area contributed by atoms with Crippen molar-refractivity contribution >= 4 is 27.6 Å². The SMILES string of the molecule is [2H]C([2H])([2H])Oc1cc2c(C(=O)O)cn(-c3cccc4[nH]ccc34)c(=O)c2cc1OC.